The third kappa shape index (κ3) is 6.80. The molecule has 34 heavy (non-hydrogen) atoms. The quantitative estimate of drug-likeness (QED) is 0.240. The maximum absolute atomic E-state index is 13.2. The summed E-state index contributed by atoms with van der Waals surface area (Å²) in [5.41, 5.74) is 2.37. The van der Waals surface area contributed by atoms with Crippen molar-refractivity contribution < 1.29 is 28.2 Å². The Bertz CT molecular complexity index is 1110. The molecule has 8 heteroatoms. The molecule has 2 aromatic rings. The summed E-state index contributed by atoms with van der Waals surface area (Å²) in [7, 11) is 1.91. The second-order valence-electron chi connectivity index (χ2n) is 9.12. The third-order valence-corrected chi connectivity index (χ3v) is 6.32. The molecular weight excluding hydrogens is 464 g/mol. The summed E-state index contributed by atoms with van der Waals surface area (Å²) < 4.78 is 33.2. The zero-order valence-corrected chi connectivity index (χ0v) is 20.3. The number of fused-ring (bicyclic) bond motifs is 1. The Hall–Kier alpha value is -2.43. The highest BCUT2D eigenvalue weighted by atomic mass is 35.5. The van der Waals surface area contributed by atoms with Crippen molar-refractivity contribution >= 4 is 34.3 Å². The van der Waals surface area contributed by atoms with Crippen LogP contribution in [0.5, 0.6) is 0 Å². The minimum absolute atomic E-state index is 0.0630. The molecule has 0 radical (unpaired) electrons. The highest BCUT2D eigenvalue weighted by Crippen LogP contribution is 2.41. The number of Topliss-reactive ketones (excluding diaryl/α,β-unsaturated/α-hetero) is 1. The van der Waals surface area contributed by atoms with Gasteiger partial charge in [-0.3, -0.25) is 9.59 Å². The van der Waals surface area contributed by atoms with Crippen molar-refractivity contribution in [3.63, 3.8) is 0 Å². The number of hydrogen-bond donors (Lipinski definition) is 1. The molecule has 1 aromatic carbocycles. The van der Waals surface area contributed by atoms with Crippen molar-refractivity contribution in [2.75, 3.05) is 13.2 Å². The molecule has 1 aliphatic carbocycles. The van der Waals surface area contributed by atoms with Gasteiger partial charge in [-0.1, -0.05) is 24.4 Å². The lowest BCUT2D eigenvalue weighted by molar-refractivity contribution is -0.137. The maximum Gasteiger partial charge on any atom is 0.303 e. The van der Waals surface area contributed by atoms with E-state index in [-0.39, 0.29) is 43.3 Å². The fraction of sp³-hybridized carbons (Fsp3) is 0.538. The minimum atomic E-state index is -2.54. The molecule has 1 aliphatic rings. The maximum atomic E-state index is 13.2. The van der Waals surface area contributed by atoms with Gasteiger partial charge < -0.3 is 14.4 Å². The fourth-order valence-electron chi connectivity index (χ4n) is 4.41. The highest BCUT2D eigenvalue weighted by Gasteiger charge is 2.44. The van der Waals surface area contributed by atoms with Crippen molar-refractivity contribution in [1.82, 2.24) is 4.57 Å². The number of carboxylic acid groups (broad SMARTS) is 1. The zero-order chi connectivity index (χ0) is 24.9. The predicted octanol–water partition coefficient (Wildman–Crippen LogP) is 5.90. The number of aryl methyl sites for hydroxylation is 1. The molecule has 1 heterocycles. The normalized spacial score (nSPS) is 16.0. The third-order valence-electron chi connectivity index (χ3n) is 6.09. The summed E-state index contributed by atoms with van der Waals surface area (Å²) in [6.07, 6.45) is 1.59. The summed E-state index contributed by atoms with van der Waals surface area (Å²) in [5, 5.41) is 10.3. The Balaban J connectivity index is 1.59. The number of alkyl halides is 2. The van der Waals surface area contributed by atoms with E-state index >= 15 is 0 Å². The Kier molecular flexibility index (Phi) is 8.72. The van der Waals surface area contributed by atoms with Gasteiger partial charge in [0, 0.05) is 78.9 Å². The van der Waals surface area contributed by atoms with Crippen LogP contribution in [0.15, 0.2) is 18.2 Å². The van der Waals surface area contributed by atoms with Crippen LogP contribution in [-0.2, 0) is 23.0 Å². The number of carboxylic acids is 1. The van der Waals surface area contributed by atoms with Crippen LogP contribution in [0.25, 0.3) is 10.9 Å². The molecule has 1 aromatic heterocycles. The molecule has 0 spiro atoms. The number of benzene rings is 1. The average molecular weight is 494 g/mol. The van der Waals surface area contributed by atoms with E-state index in [9.17, 15) is 18.4 Å². The number of rotatable bonds is 11. The van der Waals surface area contributed by atoms with E-state index in [1.807, 2.05) is 17.7 Å². The number of hydrogen-bond acceptors (Lipinski definition) is 3. The van der Waals surface area contributed by atoms with Gasteiger partial charge in [0.2, 0.25) is 0 Å². The molecule has 0 saturated heterocycles. The lowest BCUT2D eigenvalue weighted by Crippen LogP contribution is -2.34. The van der Waals surface area contributed by atoms with Gasteiger partial charge in [-0.2, -0.15) is 0 Å². The standard InChI is InChI=1S/C26H30ClF2NO4/c1-17(13-24(32)33)12-23(31)25-20-14-19(27)8-9-21(20)30(2)22(25)7-5-11-34-10-4-3-6-18-15-26(28,29)16-18/h8-9,14,17-18H,4-5,7,10-13,15-16H2,1-2H3,(H,32,33)/t17-/m0/s1. The molecule has 0 aliphatic heterocycles. The minimum Gasteiger partial charge on any atom is -0.481 e. The lowest BCUT2D eigenvalue weighted by Gasteiger charge is -2.31. The number of carbonyl (C=O) groups is 2. The van der Waals surface area contributed by atoms with Crippen LogP contribution in [-0.4, -0.2) is 40.6 Å². The summed E-state index contributed by atoms with van der Waals surface area (Å²) >= 11 is 6.20. The van der Waals surface area contributed by atoms with Crippen molar-refractivity contribution in [3.05, 3.63) is 34.5 Å². The highest BCUT2D eigenvalue weighted by molar-refractivity contribution is 6.31. The first-order valence-electron chi connectivity index (χ1n) is 11.5. The predicted molar refractivity (Wildman–Crippen MR) is 127 cm³/mol. The van der Waals surface area contributed by atoms with Crippen molar-refractivity contribution in [2.24, 2.45) is 18.9 Å². The van der Waals surface area contributed by atoms with Crippen molar-refractivity contribution in [3.8, 4) is 11.8 Å². The number of nitrogens with zero attached hydrogens (tertiary/aromatic N) is 1. The van der Waals surface area contributed by atoms with Crippen LogP contribution in [0.1, 0.15) is 61.5 Å². The topological polar surface area (TPSA) is 68.5 Å². The van der Waals surface area contributed by atoms with Gasteiger partial charge >= 0.3 is 5.97 Å². The van der Waals surface area contributed by atoms with Crippen LogP contribution in [0.4, 0.5) is 8.78 Å². The summed E-state index contributed by atoms with van der Waals surface area (Å²) in [6.45, 7) is 2.67. The van der Waals surface area contributed by atoms with E-state index in [1.165, 1.54) is 0 Å². The van der Waals surface area contributed by atoms with E-state index in [2.05, 4.69) is 11.8 Å². The van der Waals surface area contributed by atoms with Gasteiger partial charge in [-0.15, -0.1) is 5.92 Å². The second kappa shape index (κ2) is 11.3. The summed E-state index contributed by atoms with van der Waals surface area (Å²) in [4.78, 5) is 24.2. The first-order valence-corrected chi connectivity index (χ1v) is 11.9. The summed E-state index contributed by atoms with van der Waals surface area (Å²) in [5.74, 6) is 1.74. The molecule has 0 bridgehead atoms. The summed E-state index contributed by atoms with van der Waals surface area (Å²) in [6, 6.07) is 5.44. The number of aliphatic carboxylic acids is 1. The van der Waals surface area contributed by atoms with E-state index in [1.54, 1.807) is 19.1 Å². The van der Waals surface area contributed by atoms with Gasteiger partial charge in [0.1, 0.15) is 0 Å². The van der Waals surface area contributed by atoms with Crippen molar-refractivity contribution in [2.45, 2.75) is 57.8 Å². The Morgan fingerprint density at radius 2 is 2.03 bits per heavy atom. The van der Waals surface area contributed by atoms with Crippen LogP contribution in [0.3, 0.4) is 0 Å². The van der Waals surface area contributed by atoms with Crippen molar-refractivity contribution in [1.29, 1.82) is 0 Å². The molecule has 1 atom stereocenters. The number of aromatic nitrogens is 1. The smallest absolute Gasteiger partial charge is 0.303 e. The van der Waals surface area contributed by atoms with Crippen LogP contribution in [0.2, 0.25) is 5.02 Å². The first-order chi connectivity index (χ1) is 16.1. The molecule has 3 rings (SSSR count). The number of carbonyl (C=O) groups excluding carboxylic acids is 1. The lowest BCUT2D eigenvalue weighted by atomic mass is 9.82. The molecular formula is C26H30ClF2NO4. The van der Waals surface area contributed by atoms with Crippen LogP contribution < -0.4 is 0 Å². The molecule has 1 fully saturated rings. The molecule has 0 amide bonds. The Morgan fingerprint density at radius 1 is 1.29 bits per heavy atom. The number of ketones is 1. The Morgan fingerprint density at radius 3 is 2.71 bits per heavy atom. The fourth-order valence-corrected chi connectivity index (χ4v) is 4.58. The molecule has 1 saturated carbocycles. The van der Waals surface area contributed by atoms with Gasteiger partial charge in [0.05, 0.1) is 6.61 Å². The SMILES string of the molecule is C[C@H](CC(=O)O)CC(=O)c1c(CCCOCCC#CC2CC(F)(F)C2)n(C)c2ccc(Cl)cc12. The van der Waals surface area contributed by atoms with Crippen LogP contribution >= 0.6 is 11.6 Å². The Labute approximate surface area is 203 Å². The average Bonchev–Trinajstić information content (AvgIpc) is 2.98. The van der Waals surface area contributed by atoms with E-state index in [4.69, 9.17) is 21.4 Å². The van der Waals surface area contributed by atoms with E-state index in [0.717, 1.165) is 16.6 Å². The number of halogens is 3. The largest absolute Gasteiger partial charge is 0.481 e. The van der Waals surface area contributed by atoms with Gasteiger partial charge in [0.15, 0.2) is 5.78 Å². The molecule has 0 unspecified atom stereocenters. The van der Waals surface area contributed by atoms with Crippen LogP contribution in [0, 0.1) is 23.7 Å². The molecule has 1 N–H and O–H groups in total. The van der Waals surface area contributed by atoms with E-state index < -0.39 is 11.9 Å². The zero-order valence-electron chi connectivity index (χ0n) is 19.5. The van der Waals surface area contributed by atoms with E-state index in [0.29, 0.717) is 43.1 Å². The second-order valence-corrected chi connectivity index (χ2v) is 9.56. The van der Waals surface area contributed by atoms with Gasteiger partial charge in [-0.05, 0) is 37.0 Å². The monoisotopic (exact) mass is 493 g/mol. The van der Waals surface area contributed by atoms with Gasteiger partial charge in [-0.25, -0.2) is 8.78 Å². The first kappa shape index (κ1) is 26.2. The molecule has 184 valence electrons. The number of ether oxygens (including phenoxy) is 1. The van der Waals surface area contributed by atoms with Gasteiger partial charge in [0.25, 0.3) is 5.92 Å². The molecule has 5 nitrogen and oxygen atoms in total.